The van der Waals surface area contributed by atoms with Crippen LogP contribution in [0.5, 0.6) is 0 Å². The van der Waals surface area contributed by atoms with E-state index in [0.717, 1.165) is 12.4 Å². The molecule has 1 aliphatic rings. The van der Waals surface area contributed by atoms with Gasteiger partial charge >= 0.3 is 0 Å². The molecule has 2 heterocycles. The van der Waals surface area contributed by atoms with Gasteiger partial charge in [0.2, 0.25) is 0 Å². The molecule has 0 aliphatic carbocycles. The van der Waals surface area contributed by atoms with Crippen molar-refractivity contribution < 1.29 is 0 Å². The van der Waals surface area contributed by atoms with Crippen LogP contribution >= 0.6 is 0 Å². The van der Waals surface area contributed by atoms with Gasteiger partial charge in [0.1, 0.15) is 11.6 Å². The van der Waals surface area contributed by atoms with Gasteiger partial charge in [-0.1, -0.05) is 6.42 Å². The lowest BCUT2D eigenvalue weighted by atomic mass is 10.1. The van der Waals surface area contributed by atoms with E-state index in [-0.39, 0.29) is 0 Å². The summed E-state index contributed by atoms with van der Waals surface area (Å²) in [6, 6.07) is 0.526. The molecule has 0 spiro atoms. The highest BCUT2D eigenvalue weighted by Gasteiger charge is 2.16. The fourth-order valence-corrected chi connectivity index (χ4v) is 2.21. The summed E-state index contributed by atoms with van der Waals surface area (Å²) in [5.74, 6) is 1.22. The molecule has 94 valence electrons. The summed E-state index contributed by atoms with van der Waals surface area (Å²) >= 11 is 0. The Balaban J connectivity index is 1.80. The van der Waals surface area contributed by atoms with E-state index in [4.69, 9.17) is 5.73 Å². The maximum absolute atomic E-state index is 5.58. The van der Waals surface area contributed by atoms with Gasteiger partial charge in [0.05, 0.1) is 12.4 Å². The van der Waals surface area contributed by atoms with Crippen molar-refractivity contribution in [1.82, 2.24) is 14.9 Å². The number of aromatic nitrogens is 2. The summed E-state index contributed by atoms with van der Waals surface area (Å²) < 4.78 is 0. The molecule has 1 aromatic rings. The molecule has 0 bridgehead atoms. The topological polar surface area (TPSA) is 67.1 Å². The van der Waals surface area contributed by atoms with Crippen LogP contribution in [0.3, 0.4) is 0 Å². The van der Waals surface area contributed by atoms with Gasteiger partial charge in [0, 0.05) is 12.6 Å². The van der Waals surface area contributed by atoms with Crippen molar-refractivity contribution in [2.45, 2.75) is 32.2 Å². The number of piperidine rings is 1. The second-order valence-corrected chi connectivity index (χ2v) is 4.66. The molecule has 0 amide bonds. The summed E-state index contributed by atoms with van der Waals surface area (Å²) in [5.41, 5.74) is 5.58. The van der Waals surface area contributed by atoms with Crippen LogP contribution in [0.2, 0.25) is 0 Å². The highest BCUT2D eigenvalue weighted by atomic mass is 15.2. The van der Waals surface area contributed by atoms with Crippen LogP contribution in [-0.2, 0) is 0 Å². The molecule has 1 unspecified atom stereocenters. The predicted molar refractivity (Wildman–Crippen MR) is 69.8 cm³/mol. The van der Waals surface area contributed by atoms with Crippen molar-refractivity contribution in [1.29, 1.82) is 0 Å². The van der Waals surface area contributed by atoms with Crippen LogP contribution in [-0.4, -0.2) is 40.5 Å². The molecule has 1 saturated heterocycles. The maximum atomic E-state index is 5.58. The molecule has 2 rings (SSSR count). The Morgan fingerprint density at radius 2 is 2.12 bits per heavy atom. The molecule has 0 aromatic carbocycles. The number of nitrogens with one attached hydrogen (secondary N) is 1. The monoisotopic (exact) mass is 235 g/mol. The fourth-order valence-electron chi connectivity index (χ4n) is 2.21. The molecule has 1 fully saturated rings. The van der Waals surface area contributed by atoms with E-state index in [0.29, 0.717) is 11.9 Å². The molecule has 5 heteroatoms. The molecular weight excluding hydrogens is 214 g/mol. The highest BCUT2D eigenvalue weighted by molar-refractivity contribution is 5.38. The van der Waals surface area contributed by atoms with Crippen LogP contribution in [0.4, 0.5) is 11.6 Å². The van der Waals surface area contributed by atoms with Crippen molar-refractivity contribution >= 4 is 11.6 Å². The van der Waals surface area contributed by atoms with Gasteiger partial charge in [-0.15, -0.1) is 0 Å². The van der Waals surface area contributed by atoms with Crippen LogP contribution in [0.15, 0.2) is 12.4 Å². The van der Waals surface area contributed by atoms with Gasteiger partial charge in [-0.3, -0.25) is 9.88 Å². The Labute approximate surface area is 102 Å². The van der Waals surface area contributed by atoms with Gasteiger partial charge in [-0.2, -0.15) is 0 Å². The summed E-state index contributed by atoms with van der Waals surface area (Å²) in [4.78, 5) is 10.7. The largest absolute Gasteiger partial charge is 0.382 e. The smallest absolute Gasteiger partial charge is 0.147 e. The number of nitrogens with zero attached hydrogens (tertiary/aromatic N) is 3. The lowest BCUT2D eigenvalue weighted by molar-refractivity contribution is 0.180. The fraction of sp³-hybridized carbons (Fsp3) is 0.667. The van der Waals surface area contributed by atoms with Crippen LogP contribution in [0.25, 0.3) is 0 Å². The second kappa shape index (κ2) is 5.82. The van der Waals surface area contributed by atoms with Gasteiger partial charge < -0.3 is 11.1 Å². The van der Waals surface area contributed by atoms with E-state index in [1.54, 1.807) is 12.4 Å². The first-order chi connectivity index (χ1) is 8.25. The zero-order valence-electron chi connectivity index (χ0n) is 10.4. The Bertz CT molecular complexity index is 349. The third-order valence-corrected chi connectivity index (χ3v) is 3.25. The van der Waals surface area contributed by atoms with Crippen molar-refractivity contribution in [3.63, 3.8) is 0 Å². The van der Waals surface area contributed by atoms with E-state index < -0.39 is 0 Å². The molecule has 17 heavy (non-hydrogen) atoms. The van der Waals surface area contributed by atoms with Gasteiger partial charge in [-0.05, 0) is 32.9 Å². The summed E-state index contributed by atoms with van der Waals surface area (Å²) in [6.07, 6.45) is 7.28. The average molecular weight is 235 g/mol. The van der Waals surface area contributed by atoms with Crippen LogP contribution < -0.4 is 11.1 Å². The standard InChI is InChI=1S/C12H21N5/c1-10(17-5-3-2-4-6-17)7-15-12-9-14-8-11(13)16-12/h8-10H,2-7H2,1H3,(H3,13,15,16). The molecule has 0 saturated carbocycles. The molecule has 3 N–H and O–H groups in total. The molecule has 1 aliphatic heterocycles. The Morgan fingerprint density at radius 3 is 2.82 bits per heavy atom. The van der Waals surface area contributed by atoms with Gasteiger partial charge in [-0.25, -0.2) is 4.98 Å². The SMILES string of the molecule is CC(CNc1cncc(N)n1)N1CCCCC1. The van der Waals surface area contributed by atoms with Gasteiger partial charge in [0.15, 0.2) is 0 Å². The van der Waals surface area contributed by atoms with Crippen molar-refractivity contribution in [2.24, 2.45) is 0 Å². The number of anilines is 2. The van der Waals surface area contributed by atoms with Crippen molar-refractivity contribution in [3.05, 3.63) is 12.4 Å². The van der Waals surface area contributed by atoms with E-state index in [9.17, 15) is 0 Å². The first kappa shape index (κ1) is 12.1. The van der Waals surface area contributed by atoms with Crippen molar-refractivity contribution in [2.75, 3.05) is 30.7 Å². The van der Waals surface area contributed by atoms with E-state index >= 15 is 0 Å². The van der Waals surface area contributed by atoms with Crippen molar-refractivity contribution in [3.8, 4) is 0 Å². The Morgan fingerprint density at radius 1 is 1.35 bits per heavy atom. The average Bonchev–Trinajstić information content (AvgIpc) is 2.37. The minimum Gasteiger partial charge on any atom is -0.382 e. The van der Waals surface area contributed by atoms with E-state index in [1.165, 1.54) is 32.4 Å². The number of rotatable bonds is 4. The minimum absolute atomic E-state index is 0.459. The quantitative estimate of drug-likeness (QED) is 0.824. The van der Waals surface area contributed by atoms with E-state index in [2.05, 4.69) is 27.1 Å². The highest BCUT2D eigenvalue weighted by Crippen LogP contribution is 2.12. The Hall–Kier alpha value is -1.36. The lowest BCUT2D eigenvalue weighted by Gasteiger charge is -2.32. The number of likely N-dealkylation sites (tertiary alicyclic amines) is 1. The number of nitrogens with two attached hydrogens (primary N) is 1. The Kier molecular flexibility index (Phi) is 4.14. The van der Waals surface area contributed by atoms with E-state index in [1.807, 2.05) is 0 Å². The maximum Gasteiger partial charge on any atom is 0.147 e. The minimum atomic E-state index is 0.459. The van der Waals surface area contributed by atoms with Crippen LogP contribution in [0, 0.1) is 0 Å². The first-order valence-corrected chi connectivity index (χ1v) is 6.31. The third kappa shape index (κ3) is 3.56. The number of hydrogen-bond donors (Lipinski definition) is 2. The molecule has 0 radical (unpaired) electrons. The first-order valence-electron chi connectivity index (χ1n) is 6.31. The summed E-state index contributed by atoms with van der Waals surface area (Å²) in [6.45, 7) is 5.56. The van der Waals surface area contributed by atoms with Gasteiger partial charge in [0.25, 0.3) is 0 Å². The number of nitrogen functional groups attached to an aromatic ring is 1. The van der Waals surface area contributed by atoms with Crippen LogP contribution in [0.1, 0.15) is 26.2 Å². The molecular formula is C12H21N5. The second-order valence-electron chi connectivity index (χ2n) is 4.66. The zero-order valence-corrected chi connectivity index (χ0v) is 10.4. The number of hydrogen-bond acceptors (Lipinski definition) is 5. The summed E-state index contributed by atoms with van der Waals surface area (Å²) in [5, 5.41) is 3.29. The third-order valence-electron chi connectivity index (χ3n) is 3.25. The molecule has 1 aromatic heterocycles. The normalized spacial score (nSPS) is 18.9. The lowest BCUT2D eigenvalue weighted by Crippen LogP contribution is -2.41. The predicted octanol–water partition coefficient (Wildman–Crippen LogP) is 1.35. The molecule has 1 atom stereocenters. The molecule has 5 nitrogen and oxygen atoms in total. The zero-order chi connectivity index (χ0) is 12.1. The summed E-state index contributed by atoms with van der Waals surface area (Å²) in [7, 11) is 0.